The summed E-state index contributed by atoms with van der Waals surface area (Å²) in [6.45, 7) is 0.264. The zero-order chi connectivity index (χ0) is 9.42. The lowest BCUT2D eigenvalue weighted by Crippen LogP contribution is -2.38. The number of benzene rings is 1. The minimum atomic E-state index is -0.834. The van der Waals surface area contributed by atoms with E-state index < -0.39 is 18.0 Å². The molecule has 4 heteroatoms. The fourth-order valence-corrected chi connectivity index (χ4v) is 1.39. The van der Waals surface area contributed by atoms with Gasteiger partial charge in [-0.05, 0) is 18.2 Å². The molecular weight excluding hydrogens is 173 g/mol. The Labute approximate surface area is 74.9 Å². The van der Waals surface area contributed by atoms with Crippen molar-refractivity contribution in [2.24, 2.45) is 5.73 Å². The van der Waals surface area contributed by atoms with Gasteiger partial charge in [-0.2, -0.15) is 0 Å². The number of halogens is 1. The van der Waals surface area contributed by atoms with E-state index in [0.29, 0.717) is 11.3 Å². The van der Waals surface area contributed by atoms with Gasteiger partial charge in [-0.25, -0.2) is 4.39 Å². The van der Waals surface area contributed by atoms with Gasteiger partial charge in [0.1, 0.15) is 24.3 Å². The minimum absolute atomic E-state index is 0.264. The average molecular weight is 183 g/mol. The Kier molecular flexibility index (Phi) is 1.94. The number of hydrogen-bond acceptors (Lipinski definition) is 3. The van der Waals surface area contributed by atoms with Crippen LogP contribution in [-0.4, -0.2) is 17.8 Å². The van der Waals surface area contributed by atoms with Crippen LogP contribution < -0.4 is 10.5 Å². The Morgan fingerprint density at radius 1 is 1.54 bits per heavy atom. The predicted molar refractivity (Wildman–Crippen MR) is 44.8 cm³/mol. The molecule has 1 aliphatic heterocycles. The number of nitrogens with two attached hydrogens (primary N) is 1. The van der Waals surface area contributed by atoms with E-state index in [2.05, 4.69) is 0 Å². The van der Waals surface area contributed by atoms with Gasteiger partial charge >= 0.3 is 0 Å². The Balaban J connectivity index is 2.45. The minimum Gasteiger partial charge on any atom is -0.491 e. The van der Waals surface area contributed by atoms with Gasteiger partial charge in [0.25, 0.3) is 0 Å². The van der Waals surface area contributed by atoms with Crippen molar-refractivity contribution in [3.05, 3.63) is 29.6 Å². The highest BCUT2D eigenvalue weighted by Crippen LogP contribution is 2.31. The molecule has 3 N–H and O–H groups in total. The maximum absolute atomic E-state index is 12.8. The van der Waals surface area contributed by atoms with Gasteiger partial charge in [0.05, 0.1) is 6.04 Å². The van der Waals surface area contributed by atoms with Crippen molar-refractivity contribution >= 4 is 0 Å². The smallest absolute Gasteiger partial charge is 0.125 e. The Bertz CT molecular complexity index is 329. The largest absolute Gasteiger partial charge is 0.491 e. The van der Waals surface area contributed by atoms with E-state index in [1.54, 1.807) is 0 Å². The summed E-state index contributed by atoms with van der Waals surface area (Å²) in [5.41, 5.74) is 5.98. The van der Waals surface area contributed by atoms with E-state index in [-0.39, 0.29) is 6.61 Å². The molecule has 0 unspecified atom stereocenters. The molecule has 0 aliphatic carbocycles. The second kappa shape index (κ2) is 2.97. The normalized spacial score (nSPS) is 26.4. The maximum Gasteiger partial charge on any atom is 0.125 e. The molecule has 70 valence electrons. The summed E-state index contributed by atoms with van der Waals surface area (Å²) in [6, 6.07) is 3.57. The van der Waals surface area contributed by atoms with Crippen LogP contribution in [0.2, 0.25) is 0 Å². The standard InChI is InChI=1S/C9H10FNO2/c10-5-1-2-8-6(3-5)9(12)7(11)4-13-8/h1-3,7,9,12H,4,11H2/t7-,9-/m1/s1. The van der Waals surface area contributed by atoms with E-state index in [1.165, 1.54) is 18.2 Å². The molecular formula is C9H10FNO2. The lowest BCUT2D eigenvalue weighted by molar-refractivity contribution is 0.0911. The van der Waals surface area contributed by atoms with Crippen molar-refractivity contribution in [3.8, 4) is 5.75 Å². The molecule has 0 saturated carbocycles. The summed E-state index contributed by atoms with van der Waals surface area (Å²) < 4.78 is 18.0. The molecule has 0 spiro atoms. The fraction of sp³-hybridized carbons (Fsp3) is 0.333. The number of hydrogen-bond donors (Lipinski definition) is 2. The summed E-state index contributed by atoms with van der Waals surface area (Å²) in [7, 11) is 0. The van der Waals surface area contributed by atoms with Crippen molar-refractivity contribution < 1.29 is 14.2 Å². The Morgan fingerprint density at radius 3 is 3.08 bits per heavy atom. The van der Waals surface area contributed by atoms with Crippen molar-refractivity contribution in [2.45, 2.75) is 12.1 Å². The van der Waals surface area contributed by atoms with E-state index in [0.717, 1.165) is 0 Å². The van der Waals surface area contributed by atoms with Gasteiger partial charge in [0.2, 0.25) is 0 Å². The Hall–Kier alpha value is -1.13. The second-order valence-electron chi connectivity index (χ2n) is 3.10. The molecule has 1 aliphatic rings. The molecule has 0 amide bonds. The molecule has 1 aromatic carbocycles. The molecule has 2 atom stereocenters. The van der Waals surface area contributed by atoms with Gasteiger partial charge in [0.15, 0.2) is 0 Å². The van der Waals surface area contributed by atoms with Crippen LogP contribution in [0.3, 0.4) is 0 Å². The van der Waals surface area contributed by atoms with Crippen LogP contribution in [0.25, 0.3) is 0 Å². The van der Waals surface area contributed by atoms with Crippen molar-refractivity contribution in [2.75, 3.05) is 6.61 Å². The molecule has 3 nitrogen and oxygen atoms in total. The second-order valence-corrected chi connectivity index (χ2v) is 3.10. The van der Waals surface area contributed by atoms with Crippen LogP contribution in [0, 0.1) is 5.82 Å². The van der Waals surface area contributed by atoms with Crippen LogP contribution >= 0.6 is 0 Å². The van der Waals surface area contributed by atoms with Crippen LogP contribution in [0.1, 0.15) is 11.7 Å². The third-order valence-corrected chi connectivity index (χ3v) is 2.13. The summed E-state index contributed by atoms with van der Waals surface area (Å²) >= 11 is 0. The quantitative estimate of drug-likeness (QED) is 0.618. The van der Waals surface area contributed by atoms with E-state index >= 15 is 0 Å². The third kappa shape index (κ3) is 1.38. The fourth-order valence-electron chi connectivity index (χ4n) is 1.39. The van der Waals surface area contributed by atoms with Gasteiger partial charge < -0.3 is 15.6 Å². The van der Waals surface area contributed by atoms with Gasteiger partial charge in [-0.1, -0.05) is 0 Å². The van der Waals surface area contributed by atoms with Crippen molar-refractivity contribution in [1.82, 2.24) is 0 Å². The SMILES string of the molecule is N[C@@H]1COc2ccc(F)cc2[C@H]1O. The predicted octanol–water partition coefficient (Wildman–Crippen LogP) is 0.579. The van der Waals surface area contributed by atoms with E-state index in [4.69, 9.17) is 10.5 Å². The number of rotatable bonds is 0. The first kappa shape index (κ1) is 8.47. The van der Waals surface area contributed by atoms with Crippen LogP contribution in [-0.2, 0) is 0 Å². The molecule has 13 heavy (non-hydrogen) atoms. The maximum atomic E-state index is 12.8. The third-order valence-electron chi connectivity index (χ3n) is 2.13. The molecule has 2 rings (SSSR count). The first-order chi connectivity index (χ1) is 6.18. The molecule has 0 saturated heterocycles. The molecule has 1 aromatic rings. The highest BCUT2D eigenvalue weighted by atomic mass is 19.1. The topological polar surface area (TPSA) is 55.5 Å². The highest BCUT2D eigenvalue weighted by Gasteiger charge is 2.26. The average Bonchev–Trinajstić information content (AvgIpc) is 2.12. The molecule has 1 heterocycles. The molecule has 0 fully saturated rings. The monoisotopic (exact) mass is 183 g/mol. The summed E-state index contributed by atoms with van der Waals surface area (Å²) in [6.07, 6.45) is -0.834. The molecule has 0 radical (unpaired) electrons. The van der Waals surface area contributed by atoms with Gasteiger partial charge in [-0.15, -0.1) is 0 Å². The number of aliphatic hydroxyl groups excluding tert-OH is 1. The summed E-state index contributed by atoms with van der Waals surface area (Å²) in [5.74, 6) is 0.117. The lowest BCUT2D eigenvalue weighted by Gasteiger charge is -2.27. The lowest BCUT2D eigenvalue weighted by atomic mass is 10.00. The van der Waals surface area contributed by atoms with Crippen LogP contribution in [0.15, 0.2) is 18.2 Å². The van der Waals surface area contributed by atoms with Crippen molar-refractivity contribution in [3.63, 3.8) is 0 Å². The Morgan fingerprint density at radius 2 is 2.31 bits per heavy atom. The first-order valence-corrected chi connectivity index (χ1v) is 4.04. The number of fused-ring (bicyclic) bond motifs is 1. The zero-order valence-electron chi connectivity index (χ0n) is 6.90. The van der Waals surface area contributed by atoms with Crippen LogP contribution in [0.4, 0.5) is 4.39 Å². The van der Waals surface area contributed by atoms with Crippen LogP contribution in [0.5, 0.6) is 5.75 Å². The number of ether oxygens (including phenoxy) is 1. The zero-order valence-corrected chi connectivity index (χ0v) is 6.90. The summed E-state index contributed by atoms with van der Waals surface area (Å²) in [4.78, 5) is 0. The van der Waals surface area contributed by atoms with E-state index in [9.17, 15) is 9.50 Å². The summed E-state index contributed by atoms with van der Waals surface area (Å²) in [5, 5.41) is 9.58. The van der Waals surface area contributed by atoms with Gasteiger partial charge in [0, 0.05) is 5.56 Å². The van der Waals surface area contributed by atoms with Gasteiger partial charge in [-0.3, -0.25) is 0 Å². The first-order valence-electron chi connectivity index (χ1n) is 4.04. The van der Waals surface area contributed by atoms with Crippen molar-refractivity contribution in [1.29, 1.82) is 0 Å². The molecule has 0 aromatic heterocycles. The van der Waals surface area contributed by atoms with E-state index in [1.807, 2.05) is 0 Å². The highest BCUT2D eigenvalue weighted by molar-refractivity contribution is 5.38. The molecule has 0 bridgehead atoms. The number of aliphatic hydroxyl groups is 1.